The van der Waals surface area contributed by atoms with Gasteiger partial charge in [0.2, 0.25) is 15.9 Å². The lowest BCUT2D eigenvalue weighted by Crippen LogP contribution is -2.49. The van der Waals surface area contributed by atoms with E-state index in [0.717, 1.165) is 42.6 Å². The van der Waals surface area contributed by atoms with E-state index in [-0.39, 0.29) is 41.2 Å². The van der Waals surface area contributed by atoms with Gasteiger partial charge in [-0.3, -0.25) is 9.78 Å². The van der Waals surface area contributed by atoms with E-state index in [0.29, 0.717) is 10.5 Å². The Morgan fingerprint density at radius 3 is 2.35 bits per heavy atom. The zero-order chi connectivity index (χ0) is 27.0. The highest BCUT2D eigenvalue weighted by Crippen LogP contribution is 2.30. The van der Waals surface area contributed by atoms with Crippen LogP contribution in [0.4, 0.5) is 26.3 Å². The molecule has 0 saturated carbocycles. The number of nitrogens with zero attached hydrogens (tertiary/aromatic N) is 3. The van der Waals surface area contributed by atoms with Gasteiger partial charge >= 0.3 is 6.18 Å². The van der Waals surface area contributed by atoms with Crippen LogP contribution in [0.5, 0.6) is 0 Å². The molecule has 0 radical (unpaired) electrons. The molecule has 37 heavy (non-hydrogen) atoms. The van der Waals surface area contributed by atoms with Gasteiger partial charge in [-0.25, -0.2) is 26.6 Å². The Balaban J connectivity index is 1.51. The number of hydrogen-bond donors (Lipinski definition) is 1. The fourth-order valence-corrected chi connectivity index (χ4v) is 5.48. The molecule has 7 nitrogen and oxygen atoms in total. The van der Waals surface area contributed by atoms with Crippen LogP contribution in [-0.4, -0.2) is 47.4 Å². The summed E-state index contributed by atoms with van der Waals surface area (Å²) < 4.78 is 107. The van der Waals surface area contributed by atoms with Crippen molar-refractivity contribution in [1.29, 1.82) is 0 Å². The van der Waals surface area contributed by atoms with Crippen LogP contribution in [0.1, 0.15) is 17.7 Å². The first-order valence-electron chi connectivity index (χ1n) is 10.7. The molecule has 2 heterocycles. The summed E-state index contributed by atoms with van der Waals surface area (Å²) in [6.07, 6.45) is -5.44. The normalized spacial score (nSPS) is 18.6. The molecule has 14 heteroatoms. The van der Waals surface area contributed by atoms with Crippen LogP contribution in [0.2, 0.25) is 0 Å². The fourth-order valence-electron chi connectivity index (χ4n) is 3.85. The van der Waals surface area contributed by atoms with Gasteiger partial charge in [0.1, 0.15) is 23.8 Å². The molecule has 2 atom stereocenters. The molecular formula is C23H18F6N4O3S. The third-order valence-electron chi connectivity index (χ3n) is 5.63. The Kier molecular flexibility index (Phi) is 7.24. The van der Waals surface area contributed by atoms with Gasteiger partial charge < -0.3 is 5.32 Å². The molecule has 1 aliphatic heterocycles. The first-order chi connectivity index (χ1) is 17.4. The lowest BCUT2D eigenvalue weighted by Gasteiger charge is -2.24. The predicted octanol–water partition coefficient (Wildman–Crippen LogP) is 3.86. The van der Waals surface area contributed by atoms with Crippen molar-refractivity contribution in [1.82, 2.24) is 19.6 Å². The van der Waals surface area contributed by atoms with Crippen molar-refractivity contribution in [2.75, 3.05) is 6.54 Å². The molecule has 2 unspecified atom stereocenters. The summed E-state index contributed by atoms with van der Waals surface area (Å²) in [5.41, 5.74) is -1.05. The minimum absolute atomic E-state index is 0.0590. The second-order valence-electron chi connectivity index (χ2n) is 8.17. The topological polar surface area (TPSA) is 92.3 Å². The number of rotatable bonds is 6. The maximum Gasteiger partial charge on any atom is 0.434 e. The molecule has 1 aliphatic rings. The molecule has 0 bridgehead atoms. The highest BCUT2D eigenvalue weighted by Gasteiger charge is 2.46. The first-order valence-corrected chi connectivity index (χ1v) is 12.2. The highest BCUT2D eigenvalue weighted by molar-refractivity contribution is 7.89. The van der Waals surface area contributed by atoms with Crippen molar-refractivity contribution >= 4 is 15.9 Å². The summed E-state index contributed by atoms with van der Waals surface area (Å²) in [4.78, 5) is 19.4. The number of amides is 1. The SMILES string of the molecule is O=C(NCc1cc(F)cc(-c2cnc(C(F)(F)F)cn2)c1)C1C(F)CCN1S(=O)(=O)c1ccc(F)cc1. The highest BCUT2D eigenvalue weighted by atomic mass is 32.2. The lowest BCUT2D eigenvalue weighted by molar-refractivity contribution is -0.141. The van der Waals surface area contributed by atoms with E-state index in [1.54, 1.807) is 0 Å². The molecule has 1 aromatic heterocycles. The Hall–Kier alpha value is -3.52. The van der Waals surface area contributed by atoms with Crippen LogP contribution in [0.3, 0.4) is 0 Å². The maximum atomic E-state index is 14.6. The maximum absolute atomic E-state index is 14.6. The third kappa shape index (κ3) is 5.74. The van der Waals surface area contributed by atoms with Crippen molar-refractivity contribution in [2.24, 2.45) is 0 Å². The molecule has 4 rings (SSSR count). The summed E-state index contributed by atoms with van der Waals surface area (Å²) in [6.45, 7) is -0.624. The van der Waals surface area contributed by atoms with Gasteiger partial charge in [0.25, 0.3) is 0 Å². The van der Waals surface area contributed by atoms with E-state index in [1.165, 1.54) is 6.07 Å². The Labute approximate surface area is 207 Å². The predicted molar refractivity (Wildman–Crippen MR) is 118 cm³/mol. The number of carbonyl (C=O) groups excluding carboxylic acids is 1. The quantitative estimate of drug-likeness (QED) is 0.476. The molecule has 196 valence electrons. The van der Waals surface area contributed by atoms with Crippen molar-refractivity contribution in [2.45, 2.75) is 36.3 Å². The van der Waals surface area contributed by atoms with Crippen molar-refractivity contribution in [3.8, 4) is 11.3 Å². The molecule has 1 fully saturated rings. The van der Waals surface area contributed by atoms with E-state index in [9.17, 15) is 39.6 Å². The molecule has 1 amide bonds. The third-order valence-corrected chi connectivity index (χ3v) is 7.52. The lowest BCUT2D eigenvalue weighted by atomic mass is 10.1. The Morgan fingerprint density at radius 2 is 1.73 bits per heavy atom. The number of carbonyl (C=O) groups is 1. The van der Waals surface area contributed by atoms with Gasteiger partial charge in [-0.05, 0) is 54.4 Å². The zero-order valence-corrected chi connectivity index (χ0v) is 19.5. The van der Waals surface area contributed by atoms with Gasteiger partial charge in [-0.1, -0.05) is 0 Å². The van der Waals surface area contributed by atoms with Crippen LogP contribution in [0.25, 0.3) is 11.3 Å². The number of alkyl halides is 4. The van der Waals surface area contributed by atoms with E-state index in [2.05, 4.69) is 15.3 Å². The molecule has 2 aromatic carbocycles. The van der Waals surface area contributed by atoms with Crippen LogP contribution in [0, 0.1) is 11.6 Å². The van der Waals surface area contributed by atoms with Crippen LogP contribution < -0.4 is 5.32 Å². The minimum Gasteiger partial charge on any atom is -0.351 e. The van der Waals surface area contributed by atoms with Crippen molar-refractivity contribution in [3.63, 3.8) is 0 Å². The second-order valence-corrected chi connectivity index (χ2v) is 10.1. The molecule has 0 aliphatic carbocycles. The van der Waals surface area contributed by atoms with Crippen LogP contribution in [-0.2, 0) is 27.5 Å². The number of nitrogens with one attached hydrogen (secondary N) is 1. The van der Waals surface area contributed by atoms with E-state index in [1.807, 2.05) is 0 Å². The number of sulfonamides is 1. The largest absolute Gasteiger partial charge is 0.434 e. The average Bonchev–Trinajstić information content (AvgIpc) is 3.24. The Bertz CT molecular complexity index is 1400. The van der Waals surface area contributed by atoms with Crippen LogP contribution in [0.15, 0.2) is 59.8 Å². The van der Waals surface area contributed by atoms with Crippen molar-refractivity contribution < 1.29 is 39.6 Å². The van der Waals surface area contributed by atoms with Gasteiger partial charge in [0.15, 0.2) is 5.69 Å². The van der Waals surface area contributed by atoms with E-state index in [4.69, 9.17) is 0 Å². The summed E-state index contributed by atoms with van der Waals surface area (Å²) in [6, 6.07) is 5.54. The fraction of sp³-hybridized carbons (Fsp3) is 0.261. The second kappa shape index (κ2) is 10.1. The van der Waals surface area contributed by atoms with Gasteiger partial charge in [0.05, 0.1) is 23.0 Å². The molecule has 1 saturated heterocycles. The first kappa shape index (κ1) is 26.5. The smallest absolute Gasteiger partial charge is 0.351 e. The number of hydrogen-bond acceptors (Lipinski definition) is 5. The van der Waals surface area contributed by atoms with Crippen LogP contribution >= 0.6 is 0 Å². The standard InChI is InChI=1S/C23H18F6N4O3S/c24-15-1-3-17(4-2-15)37(35,36)33-6-5-18(26)21(33)22(34)32-10-13-7-14(9-16(25)8-13)19-11-31-20(12-30-19)23(27,28)29/h1-4,7-9,11-12,18,21H,5-6,10H2,(H,32,34). The summed E-state index contributed by atoms with van der Waals surface area (Å²) >= 11 is 0. The zero-order valence-electron chi connectivity index (χ0n) is 18.7. The summed E-state index contributed by atoms with van der Waals surface area (Å²) in [5.74, 6) is -2.43. The van der Waals surface area contributed by atoms with E-state index < -0.39 is 51.6 Å². The molecule has 1 N–H and O–H groups in total. The monoisotopic (exact) mass is 544 g/mol. The minimum atomic E-state index is -4.70. The van der Waals surface area contributed by atoms with Gasteiger partial charge in [-0.2, -0.15) is 17.5 Å². The number of benzene rings is 2. The molecule has 0 spiro atoms. The van der Waals surface area contributed by atoms with Gasteiger partial charge in [0, 0.05) is 18.7 Å². The number of halogens is 6. The number of aromatic nitrogens is 2. The Morgan fingerprint density at radius 1 is 1.03 bits per heavy atom. The molecular weight excluding hydrogens is 526 g/mol. The average molecular weight is 544 g/mol. The summed E-state index contributed by atoms with van der Waals surface area (Å²) in [7, 11) is -4.32. The van der Waals surface area contributed by atoms with E-state index >= 15 is 0 Å². The van der Waals surface area contributed by atoms with Gasteiger partial charge in [-0.15, -0.1) is 0 Å². The summed E-state index contributed by atoms with van der Waals surface area (Å²) in [5, 5.41) is 2.37. The van der Waals surface area contributed by atoms with Crippen molar-refractivity contribution in [3.05, 3.63) is 77.8 Å². The molecule has 3 aromatic rings.